The third-order valence-corrected chi connectivity index (χ3v) is 0.606. The molecule has 0 saturated carbocycles. The molecule has 0 radical (unpaired) electrons. The lowest BCUT2D eigenvalue weighted by Gasteiger charge is -1.72. The van der Waals surface area contributed by atoms with Gasteiger partial charge in [-0.05, 0) is 6.07 Å². The molecule has 0 spiro atoms. The maximum atomic E-state index is 10.1. The number of carboxylic acid groups (broad SMARTS) is 1. The molecule has 0 aliphatic rings. The van der Waals surface area contributed by atoms with E-state index in [-0.39, 0.29) is 12.1 Å². The molecule has 54 valence electrons. The van der Waals surface area contributed by atoms with Crippen LogP contribution in [0.2, 0.25) is 0 Å². The monoisotopic (exact) mass is 142 g/mol. The second kappa shape index (κ2) is 5.55. The van der Waals surface area contributed by atoms with Crippen molar-refractivity contribution in [2.75, 3.05) is 0 Å². The van der Waals surface area contributed by atoms with Gasteiger partial charge in [0.2, 0.25) is 0 Å². The highest BCUT2D eigenvalue weighted by atomic mass is 16.4. The highest BCUT2D eigenvalue weighted by molar-refractivity contribution is 5.32. The van der Waals surface area contributed by atoms with E-state index < -0.39 is 0 Å². The molecule has 0 fully saturated rings. The molecular formula is C6H6O4. The second-order valence-electron chi connectivity index (χ2n) is 1.23. The first-order valence-corrected chi connectivity index (χ1v) is 2.43. The van der Waals surface area contributed by atoms with Crippen molar-refractivity contribution in [1.82, 2.24) is 0 Å². The summed E-state index contributed by atoms with van der Waals surface area (Å²) in [6.07, 6.45) is 1.35. The topological polar surface area (TPSA) is 67.5 Å². The van der Waals surface area contributed by atoms with Crippen molar-refractivity contribution in [3.05, 3.63) is 34.9 Å². The predicted octanol–water partition coefficient (Wildman–Crippen LogP) is 0.341. The van der Waals surface area contributed by atoms with E-state index in [1.165, 1.54) is 12.3 Å². The Balaban J connectivity index is 0.000000236. The van der Waals surface area contributed by atoms with Gasteiger partial charge in [-0.3, -0.25) is 4.79 Å². The summed E-state index contributed by atoms with van der Waals surface area (Å²) in [5.41, 5.74) is -0.303. The fourth-order valence-corrected chi connectivity index (χ4v) is 0.325. The molecule has 1 heterocycles. The minimum atomic E-state index is -0.303. The molecule has 0 aliphatic carbocycles. The molecule has 1 N–H and O–H groups in total. The van der Waals surface area contributed by atoms with E-state index in [0.717, 1.165) is 0 Å². The standard InChI is InChI=1S/C5H4O2.CH2O2/c6-5-3-1-2-4-7-5;2-1-3/h1-4H;1H,(H,2,3). The van der Waals surface area contributed by atoms with Gasteiger partial charge in [0.05, 0.1) is 6.26 Å². The largest absolute Gasteiger partial charge is 0.483 e. The Morgan fingerprint density at radius 3 is 2.30 bits per heavy atom. The van der Waals surface area contributed by atoms with Gasteiger partial charge in [0.15, 0.2) is 0 Å². The number of carbonyl (C=O) groups is 1. The van der Waals surface area contributed by atoms with Gasteiger partial charge in [-0.15, -0.1) is 0 Å². The molecule has 0 bridgehead atoms. The summed E-state index contributed by atoms with van der Waals surface area (Å²) >= 11 is 0. The van der Waals surface area contributed by atoms with Crippen LogP contribution in [0.5, 0.6) is 0 Å². The Kier molecular flexibility index (Phi) is 4.68. The summed E-state index contributed by atoms with van der Waals surface area (Å²) < 4.78 is 4.37. The molecule has 10 heavy (non-hydrogen) atoms. The first-order valence-electron chi connectivity index (χ1n) is 2.43. The molecule has 1 aromatic heterocycles. The maximum absolute atomic E-state index is 10.1. The maximum Gasteiger partial charge on any atom is 0.335 e. The van der Waals surface area contributed by atoms with Crippen molar-refractivity contribution in [1.29, 1.82) is 0 Å². The lowest BCUT2D eigenvalue weighted by Crippen LogP contribution is -1.90. The molecule has 0 aromatic carbocycles. The van der Waals surface area contributed by atoms with E-state index in [1.807, 2.05) is 0 Å². The van der Waals surface area contributed by atoms with Crippen molar-refractivity contribution >= 4 is 6.47 Å². The average molecular weight is 142 g/mol. The van der Waals surface area contributed by atoms with Gasteiger partial charge in [0, 0.05) is 6.07 Å². The quantitative estimate of drug-likeness (QED) is 0.530. The Hall–Kier alpha value is -1.58. The van der Waals surface area contributed by atoms with Crippen LogP contribution in [0.15, 0.2) is 33.7 Å². The van der Waals surface area contributed by atoms with E-state index in [2.05, 4.69) is 4.42 Å². The summed E-state index contributed by atoms with van der Waals surface area (Å²) in [4.78, 5) is 18.5. The molecular weight excluding hydrogens is 136 g/mol. The molecule has 0 saturated heterocycles. The van der Waals surface area contributed by atoms with Gasteiger partial charge in [-0.1, -0.05) is 6.07 Å². The third kappa shape index (κ3) is 4.58. The van der Waals surface area contributed by atoms with E-state index in [0.29, 0.717) is 0 Å². The summed E-state index contributed by atoms with van der Waals surface area (Å²) in [6.45, 7) is -0.250. The lowest BCUT2D eigenvalue weighted by molar-refractivity contribution is -0.122. The lowest BCUT2D eigenvalue weighted by atomic mass is 10.5. The van der Waals surface area contributed by atoms with Gasteiger partial charge in [0.1, 0.15) is 0 Å². The van der Waals surface area contributed by atoms with Gasteiger partial charge in [-0.25, -0.2) is 4.79 Å². The Bertz CT molecular complexity index is 210. The fraction of sp³-hybridized carbons (Fsp3) is 0. The van der Waals surface area contributed by atoms with Crippen molar-refractivity contribution in [3.8, 4) is 0 Å². The molecule has 1 rings (SSSR count). The van der Waals surface area contributed by atoms with Crippen molar-refractivity contribution in [2.45, 2.75) is 0 Å². The number of hydrogen-bond donors (Lipinski definition) is 1. The van der Waals surface area contributed by atoms with Gasteiger partial charge >= 0.3 is 5.63 Å². The van der Waals surface area contributed by atoms with Gasteiger partial charge in [-0.2, -0.15) is 0 Å². The van der Waals surface area contributed by atoms with Gasteiger partial charge < -0.3 is 9.52 Å². The Labute approximate surface area is 56.7 Å². The molecule has 0 unspecified atom stereocenters. The van der Waals surface area contributed by atoms with Crippen molar-refractivity contribution in [3.63, 3.8) is 0 Å². The van der Waals surface area contributed by atoms with E-state index in [4.69, 9.17) is 9.90 Å². The highest BCUT2D eigenvalue weighted by Crippen LogP contribution is 1.72. The summed E-state index contributed by atoms with van der Waals surface area (Å²) in [5, 5.41) is 6.89. The zero-order valence-corrected chi connectivity index (χ0v) is 5.06. The van der Waals surface area contributed by atoms with E-state index in [9.17, 15) is 4.79 Å². The SMILES string of the molecule is O=CO.O=c1cccco1. The molecule has 4 heteroatoms. The van der Waals surface area contributed by atoms with E-state index in [1.54, 1.807) is 12.1 Å². The fourth-order valence-electron chi connectivity index (χ4n) is 0.325. The molecule has 4 nitrogen and oxygen atoms in total. The summed E-state index contributed by atoms with van der Waals surface area (Å²) in [7, 11) is 0. The van der Waals surface area contributed by atoms with E-state index >= 15 is 0 Å². The van der Waals surface area contributed by atoms with Crippen LogP contribution >= 0.6 is 0 Å². The number of rotatable bonds is 0. The van der Waals surface area contributed by atoms with Crippen LogP contribution in [0.1, 0.15) is 0 Å². The summed E-state index contributed by atoms with van der Waals surface area (Å²) in [6, 6.07) is 4.65. The zero-order valence-electron chi connectivity index (χ0n) is 5.06. The summed E-state index contributed by atoms with van der Waals surface area (Å²) in [5.74, 6) is 0. The first-order chi connectivity index (χ1) is 4.81. The van der Waals surface area contributed by atoms with Crippen LogP contribution in [-0.4, -0.2) is 11.6 Å². The molecule has 0 aliphatic heterocycles. The molecule has 1 aromatic rings. The van der Waals surface area contributed by atoms with Crippen molar-refractivity contribution in [2.24, 2.45) is 0 Å². The normalized spacial score (nSPS) is 7.20. The minimum absolute atomic E-state index is 0.250. The van der Waals surface area contributed by atoms with Gasteiger partial charge in [0.25, 0.3) is 6.47 Å². The smallest absolute Gasteiger partial charge is 0.335 e. The van der Waals surface area contributed by atoms with Crippen LogP contribution < -0.4 is 5.63 Å². The van der Waals surface area contributed by atoms with Crippen LogP contribution in [0.3, 0.4) is 0 Å². The second-order valence-corrected chi connectivity index (χ2v) is 1.23. The Morgan fingerprint density at radius 1 is 1.50 bits per heavy atom. The number of hydrogen-bond acceptors (Lipinski definition) is 3. The highest BCUT2D eigenvalue weighted by Gasteiger charge is 1.72. The Morgan fingerprint density at radius 2 is 2.10 bits per heavy atom. The minimum Gasteiger partial charge on any atom is -0.483 e. The predicted molar refractivity (Wildman–Crippen MR) is 33.7 cm³/mol. The first kappa shape index (κ1) is 8.42. The zero-order chi connectivity index (χ0) is 7.82. The van der Waals surface area contributed by atoms with Crippen LogP contribution in [0, 0.1) is 0 Å². The molecule has 0 atom stereocenters. The van der Waals surface area contributed by atoms with Crippen LogP contribution in [0.4, 0.5) is 0 Å². The molecule has 0 amide bonds. The third-order valence-electron chi connectivity index (χ3n) is 0.606. The van der Waals surface area contributed by atoms with Crippen molar-refractivity contribution < 1.29 is 14.3 Å². The van der Waals surface area contributed by atoms with Crippen LogP contribution in [0.25, 0.3) is 0 Å². The average Bonchev–Trinajstić information content (AvgIpc) is 1.91. The van der Waals surface area contributed by atoms with Crippen LogP contribution in [-0.2, 0) is 4.79 Å².